The molecule has 10 heteroatoms. The molecule has 0 saturated carbocycles. The van der Waals surface area contributed by atoms with E-state index in [9.17, 15) is 4.79 Å². The highest BCUT2D eigenvalue weighted by molar-refractivity contribution is 5.92. The molecule has 0 unspecified atom stereocenters. The van der Waals surface area contributed by atoms with Gasteiger partial charge in [0.15, 0.2) is 18.1 Å². The van der Waals surface area contributed by atoms with Crippen molar-refractivity contribution in [3.63, 3.8) is 0 Å². The van der Waals surface area contributed by atoms with Crippen molar-refractivity contribution in [2.45, 2.75) is 19.6 Å². The van der Waals surface area contributed by atoms with E-state index >= 15 is 0 Å². The van der Waals surface area contributed by atoms with Gasteiger partial charge in [0, 0.05) is 24.5 Å². The first kappa shape index (κ1) is 25.9. The van der Waals surface area contributed by atoms with Crippen LogP contribution in [0.1, 0.15) is 17.5 Å². The lowest BCUT2D eigenvalue weighted by Crippen LogP contribution is -2.22. The topological polar surface area (TPSA) is 125 Å². The molecule has 10 nitrogen and oxygen atoms in total. The van der Waals surface area contributed by atoms with Crippen molar-refractivity contribution in [2.24, 2.45) is 0 Å². The third-order valence-corrected chi connectivity index (χ3v) is 5.75. The molecule has 0 saturated heterocycles. The number of carboxylic acids is 1. The summed E-state index contributed by atoms with van der Waals surface area (Å²) in [6, 6.07) is 15.0. The number of carbonyl (C=O) groups is 1. The fourth-order valence-electron chi connectivity index (χ4n) is 3.97. The van der Waals surface area contributed by atoms with Gasteiger partial charge < -0.3 is 35.1 Å². The third kappa shape index (κ3) is 7.18. The van der Waals surface area contributed by atoms with E-state index in [1.54, 1.807) is 12.1 Å². The van der Waals surface area contributed by atoms with Gasteiger partial charge in [-0.3, -0.25) is 0 Å². The number of carboxylic acid groups (broad SMARTS) is 1. The SMILES string of the molecule is CNCCCN(C)Cc1c[nH]c2ncnc(Nc3ccc(OCc4ccccc4)c(OCC(=O)O)c3)c12. The van der Waals surface area contributed by atoms with Crippen molar-refractivity contribution >= 4 is 28.5 Å². The molecule has 0 atom stereocenters. The molecule has 4 aromatic rings. The number of H-pyrrole nitrogens is 1. The molecule has 37 heavy (non-hydrogen) atoms. The van der Waals surface area contributed by atoms with Gasteiger partial charge in [0.1, 0.15) is 24.4 Å². The highest BCUT2D eigenvalue weighted by Gasteiger charge is 2.15. The summed E-state index contributed by atoms with van der Waals surface area (Å²) in [5.41, 5.74) is 3.49. The van der Waals surface area contributed by atoms with E-state index < -0.39 is 12.6 Å². The van der Waals surface area contributed by atoms with Gasteiger partial charge in [-0.25, -0.2) is 14.8 Å². The summed E-state index contributed by atoms with van der Waals surface area (Å²) in [7, 11) is 4.04. The highest BCUT2D eigenvalue weighted by Crippen LogP contribution is 2.34. The molecular weight excluding hydrogens is 472 g/mol. The van der Waals surface area contributed by atoms with Crippen LogP contribution in [-0.4, -0.2) is 64.7 Å². The second kappa shape index (κ2) is 12.7. The molecule has 0 amide bonds. The molecular formula is C27H32N6O4. The summed E-state index contributed by atoms with van der Waals surface area (Å²) >= 11 is 0. The number of fused-ring (bicyclic) bond motifs is 1. The zero-order valence-electron chi connectivity index (χ0n) is 21.0. The largest absolute Gasteiger partial charge is 0.485 e. The Hall–Kier alpha value is -4.15. The van der Waals surface area contributed by atoms with Gasteiger partial charge in [0.25, 0.3) is 0 Å². The molecule has 2 heterocycles. The number of aliphatic carboxylic acids is 1. The van der Waals surface area contributed by atoms with Crippen LogP contribution in [0.5, 0.6) is 11.5 Å². The number of ether oxygens (including phenoxy) is 2. The molecule has 2 aromatic heterocycles. The van der Waals surface area contributed by atoms with E-state index in [1.807, 2.05) is 49.6 Å². The van der Waals surface area contributed by atoms with Gasteiger partial charge in [-0.1, -0.05) is 30.3 Å². The number of hydrogen-bond donors (Lipinski definition) is 4. The smallest absolute Gasteiger partial charge is 0.341 e. The number of hydrogen-bond acceptors (Lipinski definition) is 8. The second-order valence-corrected chi connectivity index (χ2v) is 8.70. The number of rotatable bonds is 14. The molecule has 0 fully saturated rings. The van der Waals surface area contributed by atoms with E-state index in [2.05, 4.69) is 37.5 Å². The van der Waals surface area contributed by atoms with Crippen molar-refractivity contribution < 1.29 is 19.4 Å². The molecule has 4 rings (SSSR count). The summed E-state index contributed by atoms with van der Waals surface area (Å²) in [5.74, 6) is 0.355. The van der Waals surface area contributed by atoms with Crippen molar-refractivity contribution in [3.8, 4) is 11.5 Å². The van der Waals surface area contributed by atoms with E-state index in [-0.39, 0.29) is 0 Å². The second-order valence-electron chi connectivity index (χ2n) is 8.70. The lowest BCUT2D eigenvalue weighted by molar-refractivity contribution is -0.139. The summed E-state index contributed by atoms with van der Waals surface area (Å²) in [5, 5.41) is 16.6. The molecule has 0 aliphatic carbocycles. The summed E-state index contributed by atoms with van der Waals surface area (Å²) in [4.78, 5) is 25.5. The Labute approximate surface area is 215 Å². The lowest BCUT2D eigenvalue weighted by atomic mass is 10.2. The quantitative estimate of drug-likeness (QED) is 0.190. The lowest BCUT2D eigenvalue weighted by Gasteiger charge is -2.17. The van der Waals surface area contributed by atoms with Crippen LogP contribution in [0.25, 0.3) is 11.0 Å². The number of aromatic amines is 1. The van der Waals surface area contributed by atoms with E-state index in [4.69, 9.17) is 14.6 Å². The van der Waals surface area contributed by atoms with Gasteiger partial charge in [-0.2, -0.15) is 0 Å². The Morgan fingerprint density at radius 1 is 1.11 bits per heavy atom. The van der Waals surface area contributed by atoms with E-state index in [0.717, 1.165) is 48.2 Å². The maximum absolute atomic E-state index is 11.2. The molecule has 2 aromatic carbocycles. The summed E-state index contributed by atoms with van der Waals surface area (Å²) < 4.78 is 11.5. The number of anilines is 2. The molecule has 0 bridgehead atoms. The van der Waals surface area contributed by atoms with Crippen molar-refractivity contribution in [2.75, 3.05) is 39.1 Å². The molecule has 0 aliphatic rings. The number of benzene rings is 2. The van der Waals surface area contributed by atoms with Crippen molar-refractivity contribution in [1.82, 2.24) is 25.2 Å². The predicted octanol–water partition coefficient (Wildman–Crippen LogP) is 3.79. The first-order chi connectivity index (χ1) is 18.0. The fraction of sp³-hybridized carbons (Fsp3) is 0.296. The Bertz CT molecular complexity index is 1310. The maximum Gasteiger partial charge on any atom is 0.341 e. The van der Waals surface area contributed by atoms with Crippen LogP contribution in [0.3, 0.4) is 0 Å². The molecule has 0 spiro atoms. The zero-order valence-corrected chi connectivity index (χ0v) is 21.0. The summed E-state index contributed by atoms with van der Waals surface area (Å²) in [6.07, 6.45) is 4.51. The Morgan fingerprint density at radius 2 is 1.95 bits per heavy atom. The van der Waals surface area contributed by atoms with Gasteiger partial charge >= 0.3 is 5.97 Å². The predicted molar refractivity (Wildman–Crippen MR) is 142 cm³/mol. The minimum Gasteiger partial charge on any atom is -0.485 e. The fourth-order valence-corrected chi connectivity index (χ4v) is 3.97. The number of nitrogens with zero attached hydrogens (tertiary/aromatic N) is 3. The van der Waals surface area contributed by atoms with Gasteiger partial charge in [-0.05, 0) is 56.9 Å². The number of nitrogens with one attached hydrogen (secondary N) is 3. The minimum absolute atomic E-state index is 0.326. The van der Waals surface area contributed by atoms with Crippen LogP contribution in [0.2, 0.25) is 0 Å². The van der Waals surface area contributed by atoms with E-state index in [0.29, 0.717) is 29.6 Å². The Kier molecular flexibility index (Phi) is 8.90. The normalized spacial score (nSPS) is 11.1. The first-order valence-electron chi connectivity index (χ1n) is 12.1. The first-order valence-corrected chi connectivity index (χ1v) is 12.1. The zero-order chi connectivity index (χ0) is 26.0. The van der Waals surface area contributed by atoms with Crippen LogP contribution < -0.4 is 20.1 Å². The Balaban J connectivity index is 1.55. The van der Waals surface area contributed by atoms with Gasteiger partial charge in [0.05, 0.1) is 5.39 Å². The van der Waals surface area contributed by atoms with Crippen LogP contribution in [-0.2, 0) is 17.9 Å². The van der Waals surface area contributed by atoms with Crippen LogP contribution in [0.15, 0.2) is 61.1 Å². The monoisotopic (exact) mass is 504 g/mol. The van der Waals surface area contributed by atoms with Crippen LogP contribution in [0, 0.1) is 0 Å². The summed E-state index contributed by atoms with van der Waals surface area (Å²) in [6.45, 7) is 2.51. The maximum atomic E-state index is 11.2. The molecule has 0 aliphatic heterocycles. The van der Waals surface area contributed by atoms with Gasteiger partial charge in [-0.15, -0.1) is 0 Å². The Morgan fingerprint density at radius 3 is 2.73 bits per heavy atom. The molecule has 0 radical (unpaired) electrons. The van der Waals surface area contributed by atoms with Crippen molar-refractivity contribution in [1.29, 1.82) is 0 Å². The molecule has 4 N–H and O–H groups in total. The van der Waals surface area contributed by atoms with Crippen molar-refractivity contribution in [3.05, 3.63) is 72.2 Å². The third-order valence-electron chi connectivity index (χ3n) is 5.75. The highest BCUT2D eigenvalue weighted by atomic mass is 16.5. The number of aromatic nitrogens is 3. The molecule has 194 valence electrons. The van der Waals surface area contributed by atoms with Crippen LogP contribution >= 0.6 is 0 Å². The average Bonchev–Trinajstić information content (AvgIpc) is 3.31. The standard InChI is InChI=1S/C27H32N6O4/c1-28-11-6-12-33(2)15-20-14-29-26-25(20)27(31-18-30-26)32-21-9-10-22(23(13-21)37-17-24(34)35)36-16-19-7-4-3-5-8-19/h3-5,7-10,13-14,18,28H,6,11-12,15-17H2,1-2H3,(H,34,35)(H2,29,30,31,32). The minimum atomic E-state index is -1.07. The van der Waals surface area contributed by atoms with Gasteiger partial charge in [0.2, 0.25) is 0 Å². The average molecular weight is 505 g/mol. The van der Waals surface area contributed by atoms with E-state index in [1.165, 1.54) is 6.33 Å². The van der Waals surface area contributed by atoms with Crippen LogP contribution in [0.4, 0.5) is 11.5 Å².